The van der Waals surface area contributed by atoms with Gasteiger partial charge in [-0.05, 0) is 48.1 Å². The van der Waals surface area contributed by atoms with Crippen LogP contribution in [0.5, 0.6) is 5.75 Å². The average molecular weight is 435 g/mol. The second-order valence-electron chi connectivity index (χ2n) is 8.84. The second-order valence-corrected chi connectivity index (χ2v) is 8.84. The van der Waals surface area contributed by atoms with Crippen molar-refractivity contribution in [3.63, 3.8) is 0 Å². The van der Waals surface area contributed by atoms with Crippen LogP contribution in [0.4, 0.5) is 4.79 Å². The first-order chi connectivity index (χ1) is 15.6. The molecule has 7 nitrogen and oxygen atoms in total. The van der Waals surface area contributed by atoms with E-state index in [1.807, 2.05) is 35.2 Å². The molecule has 0 radical (unpaired) electrons. The highest BCUT2D eigenvalue weighted by molar-refractivity contribution is 5.74. The minimum absolute atomic E-state index is 0.00727. The molecule has 3 atom stereocenters. The van der Waals surface area contributed by atoms with Crippen molar-refractivity contribution in [3.8, 4) is 11.8 Å². The van der Waals surface area contributed by atoms with Crippen molar-refractivity contribution >= 4 is 6.03 Å². The van der Waals surface area contributed by atoms with Crippen molar-refractivity contribution in [2.24, 2.45) is 11.8 Å². The number of rotatable bonds is 7. The Labute approximate surface area is 189 Å². The summed E-state index contributed by atoms with van der Waals surface area (Å²) in [7, 11) is 0. The smallest absolute Gasteiger partial charge is 0.317 e. The molecule has 2 aromatic carbocycles. The van der Waals surface area contributed by atoms with Gasteiger partial charge in [0.1, 0.15) is 18.5 Å². The first-order valence-electron chi connectivity index (χ1n) is 11.2. The van der Waals surface area contributed by atoms with Crippen molar-refractivity contribution in [1.29, 1.82) is 5.26 Å². The van der Waals surface area contributed by atoms with Gasteiger partial charge in [0, 0.05) is 39.3 Å². The number of ether oxygens (including phenoxy) is 1. The normalized spacial score (nSPS) is 21.4. The van der Waals surface area contributed by atoms with Crippen LogP contribution >= 0.6 is 0 Å². The molecule has 2 heterocycles. The van der Waals surface area contributed by atoms with Crippen molar-refractivity contribution in [3.05, 3.63) is 65.7 Å². The lowest BCUT2D eigenvalue weighted by molar-refractivity contribution is 0.00916. The van der Waals surface area contributed by atoms with Gasteiger partial charge in [0.15, 0.2) is 0 Å². The van der Waals surface area contributed by atoms with Gasteiger partial charge >= 0.3 is 6.03 Å². The molecule has 0 aromatic heterocycles. The Morgan fingerprint density at radius 1 is 1.09 bits per heavy atom. The Kier molecular flexibility index (Phi) is 7.25. The molecule has 0 spiro atoms. The van der Waals surface area contributed by atoms with E-state index in [2.05, 4.69) is 16.3 Å². The number of piperidine rings is 2. The van der Waals surface area contributed by atoms with Crippen LogP contribution in [0.15, 0.2) is 54.6 Å². The molecule has 2 bridgehead atoms. The van der Waals surface area contributed by atoms with E-state index < -0.39 is 6.10 Å². The van der Waals surface area contributed by atoms with Crippen molar-refractivity contribution in [2.45, 2.75) is 19.1 Å². The van der Waals surface area contributed by atoms with Gasteiger partial charge in [-0.15, -0.1) is 0 Å². The van der Waals surface area contributed by atoms with E-state index in [-0.39, 0.29) is 12.6 Å². The number of β-amino-alcohol motifs (C(OH)–C–C–N with tert-alkyl or cyclic N) is 1. The van der Waals surface area contributed by atoms with Gasteiger partial charge in [0.2, 0.25) is 0 Å². The fourth-order valence-electron chi connectivity index (χ4n) is 4.76. The molecule has 2 saturated heterocycles. The molecule has 0 saturated carbocycles. The molecule has 0 aliphatic carbocycles. The first kappa shape index (κ1) is 22.1. The second kappa shape index (κ2) is 10.5. The number of carbonyl (C=O) groups is 1. The maximum atomic E-state index is 12.6. The maximum absolute atomic E-state index is 12.6. The molecule has 2 amide bonds. The van der Waals surface area contributed by atoms with Crippen LogP contribution in [0.1, 0.15) is 17.5 Å². The van der Waals surface area contributed by atoms with Crippen molar-refractivity contribution in [2.75, 3.05) is 39.3 Å². The number of nitriles is 1. The third-order valence-electron chi connectivity index (χ3n) is 6.13. The van der Waals surface area contributed by atoms with Gasteiger partial charge in [0.25, 0.3) is 0 Å². The van der Waals surface area contributed by atoms with Crippen LogP contribution in [0.3, 0.4) is 0 Å². The van der Waals surface area contributed by atoms with Crippen LogP contribution in [0, 0.1) is 23.2 Å². The van der Waals surface area contributed by atoms with Gasteiger partial charge in [-0.25, -0.2) is 4.79 Å². The van der Waals surface area contributed by atoms with Crippen LogP contribution in [-0.4, -0.2) is 66.4 Å². The third-order valence-corrected chi connectivity index (χ3v) is 6.13. The predicted molar refractivity (Wildman–Crippen MR) is 121 cm³/mol. The van der Waals surface area contributed by atoms with Crippen molar-refractivity contribution < 1.29 is 14.6 Å². The molecule has 168 valence electrons. The minimum Gasteiger partial charge on any atom is -0.491 e. The van der Waals surface area contributed by atoms with E-state index in [1.54, 1.807) is 24.3 Å². The highest BCUT2D eigenvalue weighted by Gasteiger charge is 2.36. The number of carbonyl (C=O) groups excluding carboxylic acids is 1. The number of amides is 2. The van der Waals surface area contributed by atoms with Crippen LogP contribution in [0.25, 0.3) is 0 Å². The lowest BCUT2D eigenvalue weighted by Crippen LogP contribution is -2.56. The largest absolute Gasteiger partial charge is 0.491 e. The number of urea groups is 1. The Hall–Kier alpha value is -3.08. The number of hydrogen-bond donors (Lipinski definition) is 2. The maximum Gasteiger partial charge on any atom is 0.317 e. The number of aliphatic hydroxyl groups is 1. The fraction of sp³-hybridized carbons (Fsp3) is 0.440. The van der Waals surface area contributed by atoms with E-state index >= 15 is 0 Å². The summed E-state index contributed by atoms with van der Waals surface area (Å²) in [5.74, 6) is 1.50. The van der Waals surface area contributed by atoms with E-state index in [0.29, 0.717) is 36.2 Å². The molecule has 7 heteroatoms. The molecule has 2 N–H and O–H groups in total. The molecular formula is C25H30N4O3. The van der Waals surface area contributed by atoms with Crippen LogP contribution < -0.4 is 10.1 Å². The summed E-state index contributed by atoms with van der Waals surface area (Å²) in [6.45, 7) is 4.59. The molecule has 3 unspecified atom stereocenters. The average Bonchev–Trinajstić information content (AvgIpc) is 2.81. The molecule has 2 aliphatic heterocycles. The van der Waals surface area contributed by atoms with Gasteiger partial charge in [0.05, 0.1) is 11.6 Å². The Morgan fingerprint density at radius 3 is 2.44 bits per heavy atom. The number of hydrogen-bond acceptors (Lipinski definition) is 5. The summed E-state index contributed by atoms with van der Waals surface area (Å²) < 4.78 is 5.67. The summed E-state index contributed by atoms with van der Waals surface area (Å²) in [5, 5.41) is 22.3. The molecular weight excluding hydrogens is 404 g/mol. The van der Waals surface area contributed by atoms with E-state index in [9.17, 15) is 9.90 Å². The molecule has 2 aliphatic rings. The van der Waals surface area contributed by atoms with Gasteiger partial charge < -0.3 is 20.1 Å². The van der Waals surface area contributed by atoms with Gasteiger partial charge in [-0.3, -0.25) is 4.90 Å². The fourth-order valence-corrected chi connectivity index (χ4v) is 4.76. The molecule has 4 rings (SSSR count). The van der Waals surface area contributed by atoms with Crippen LogP contribution in [-0.2, 0) is 6.54 Å². The SMILES string of the molecule is N#Cc1ccc(OCC(O)CN2CC3CC(C2)CN(C(=O)NCc2ccccc2)C3)cc1. The minimum atomic E-state index is -0.588. The summed E-state index contributed by atoms with van der Waals surface area (Å²) in [5.41, 5.74) is 1.68. The third kappa shape index (κ3) is 6.00. The Morgan fingerprint density at radius 2 is 1.78 bits per heavy atom. The number of nitrogens with one attached hydrogen (secondary N) is 1. The van der Waals surface area contributed by atoms with Gasteiger partial charge in [-0.2, -0.15) is 5.26 Å². The zero-order valence-corrected chi connectivity index (χ0v) is 18.2. The monoisotopic (exact) mass is 434 g/mol. The lowest BCUT2D eigenvalue weighted by Gasteiger charge is -2.46. The number of benzene rings is 2. The summed E-state index contributed by atoms with van der Waals surface area (Å²) in [6, 6.07) is 18.9. The zero-order valence-electron chi connectivity index (χ0n) is 18.2. The van der Waals surface area contributed by atoms with Crippen molar-refractivity contribution in [1.82, 2.24) is 15.1 Å². The number of nitrogens with zero attached hydrogens (tertiary/aromatic N) is 3. The summed E-state index contributed by atoms with van der Waals surface area (Å²) >= 11 is 0. The summed E-state index contributed by atoms with van der Waals surface area (Å²) in [4.78, 5) is 16.9. The standard InChI is InChI=1S/C25H30N4O3/c26-11-19-6-8-24(9-7-19)32-18-23(30)17-28-13-21-10-22(14-28)16-29(15-21)25(31)27-12-20-4-2-1-3-5-20/h1-9,21-23,30H,10,12-18H2,(H,27,31). The topological polar surface area (TPSA) is 88.8 Å². The predicted octanol–water partition coefficient (Wildman–Crippen LogP) is 2.46. The Balaban J connectivity index is 1.20. The quantitative estimate of drug-likeness (QED) is 0.699. The number of fused-ring (bicyclic) bond motifs is 2. The van der Waals surface area contributed by atoms with Gasteiger partial charge in [-0.1, -0.05) is 30.3 Å². The van der Waals surface area contributed by atoms with E-state index in [1.165, 1.54) is 0 Å². The first-order valence-corrected chi connectivity index (χ1v) is 11.2. The molecule has 2 fully saturated rings. The molecule has 32 heavy (non-hydrogen) atoms. The van der Waals surface area contributed by atoms with E-state index in [4.69, 9.17) is 10.00 Å². The summed E-state index contributed by atoms with van der Waals surface area (Å²) in [6.07, 6.45) is 0.548. The highest BCUT2D eigenvalue weighted by atomic mass is 16.5. The van der Waals surface area contributed by atoms with E-state index in [0.717, 1.165) is 38.2 Å². The number of likely N-dealkylation sites (tertiary alicyclic amines) is 2. The van der Waals surface area contributed by atoms with Crippen LogP contribution in [0.2, 0.25) is 0 Å². The highest BCUT2D eigenvalue weighted by Crippen LogP contribution is 2.28. The Bertz CT molecular complexity index is 914. The molecule has 2 aromatic rings. The lowest BCUT2D eigenvalue weighted by atomic mass is 9.84. The zero-order chi connectivity index (χ0) is 22.3. The number of aliphatic hydroxyl groups excluding tert-OH is 1.